The normalized spacial score (nSPS) is 40.8. The first kappa shape index (κ1) is 19.1. The Kier molecular flexibility index (Phi) is 6.38. The number of ether oxygens (including phenoxy) is 1. The molecule has 0 aromatic carbocycles. The maximum atomic E-state index is 10.9. The van der Waals surface area contributed by atoms with Gasteiger partial charge in [0.05, 0.1) is 6.10 Å². The highest BCUT2D eigenvalue weighted by Crippen LogP contribution is 2.60. The van der Waals surface area contributed by atoms with E-state index in [4.69, 9.17) is 10.5 Å². The average molecular weight is 348 g/mol. The highest BCUT2D eigenvalue weighted by molar-refractivity contribution is 5.49. The number of nitrogens with two attached hydrogens (primary N) is 1. The number of fused-ring (bicyclic) bond motifs is 3. The minimum absolute atomic E-state index is 0.305. The fraction of sp³-hybridized carbons (Fsp3) is 0.864. The molecule has 2 fully saturated rings. The Morgan fingerprint density at radius 2 is 2.16 bits per heavy atom. The van der Waals surface area contributed by atoms with Crippen LogP contribution in [0.4, 0.5) is 0 Å². The summed E-state index contributed by atoms with van der Waals surface area (Å²) in [6.07, 6.45) is 14.4. The molecule has 3 aliphatic rings. The molecule has 3 unspecified atom stereocenters. The molecule has 142 valence electrons. The first-order chi connectivity index (χ1) is 12.1. The maximum absolute atomic E-state index is 10.9. The van der Waals surface area contributed by atoms with Crippen molar-refractivity contribution in [3.05, 3.63) is 11.6 Å². The Labute approximate surface area is 153 Å². The molecule has 0 aromatic rings. The second-order valence-corrected chi connectivity index (χ2v) is 8.97. The first-order valence-corrected chi connectivity index (χ1v) is 10.6. The van der Waals surface area contributed by atoms with Crippen molar-refractivity contribution < 1.29 is 9.53 Å². The predicted octanol–water partition coefficient (Wildman–Crippen LogP) is 4.50. The van der Waals surface area contributed by atoms with Gasteiger partial charge in [0, 0.05) is 13.0 Å². The smallest absolute Gasteiger partial charge is 0.120 e. The summed E-state index contributed by atoms with van der Waals surface area (Å²) in [5.74, 6) is 3.16. The van der Waals surface area contributed by atoms with Gasteiger partial charge >= 0.3 is 0 Å². The molecular weight excluding hydrogens is 310 g/mol. The molecule has 2 N–H and O–H groups in total. The monoisotopic (exact) mass is 347 g/mol. The van der Waals surface area contributed by atoms with Crippen molar-refractivity contribution in [3.8, 4) is 0 Å². The molecule has 3 aliphatic carbocycles. The van der Waals surface area contributed by atoms with Crippen LogP contribution in [0.2, 0.25) is 0 Å². The van der Waals surface area contributed by atoms with E-state index in [1.54, 1.807) is 5.57 Å². The molecule has 0 bridgehead atoms. The molecule has 3 rings (SSSR count). The molecule has 0 spiro atoms. The number of rotatable bonds is 7. The average Bonchev–Trinajstić information content (AvgIpc) is 2.61. The Morgan fingerprint density at radius 3 is 2.92 bits per heavy atom. The van der Waals surface area contributed by atoms with Crippen LogP contribution in [0.1, 0.15) is 71.6 Å². The lowest BCUT2D eigenvalue weighted by atomic mass is 9.49. The Bertz CT molecular complexity index is 488. The number of hydrogen-bond acceptors (Lipinski definition) is 3. The van der Waals surface area contributed by atoms with Crippen molar-refractivity contribution in [1.29, 1.82) is 0 Å². The predicted molar refractivity (Wildman–Crippen MR) is 102 cm³/mol. The molecule has 3 heteroatoms. The Balaban J connectivity index is 1.72. The largest absolute Gasteiger partial charge is 0.374 e. The molecule has 2 saturated carbocycles. The van der Waals surface area contributed by atoms with Crippen LogP contribution in [-0.4, -0.2) is 25.5 Å². The van der Waals surface area contributed by atoms with E-state index in [0.29, 0.717) is 18.1 Å². The quantitative estimate of drug-likeness (QED) is 0.419. The topological polar surface area (TPSA) is 52.3 Å². The van der Waals surface area contributed by atoms with Gasteiger partial charge in [-0.15, -0.1) is 0 Å². The second-order valence-electron chi connectivity index (χ2n) is 8.97. The summed E-state index contributed by atoms with van der Waals surface area (Å²) in [7, 11) is 0. The summed E-state index contributed by atoms with van der Waals surface area (Å²) in [5.41, 5.74) is 7.63. The van der Waals surface area contributed by atoms with Crippen molar-refractivity contribution in [1.82, 2.24) is 0 Å². The molecule has 0 aromatic heterocycles. The van der Waals surface area contributed by atoms with Gasteiger partial charge in [-0.25, -0.2) is 0 Å². The Morgan fingerprint density at radius 1 is 1.32 bits per heavy atom. The molecule has 0 heterocycles. The number of allylic oxidation sites excluding steroid dienone is 1. The number of aldehydes is 1. The van der Waals surface area contributed by atoms with Crippen LogP contribution in [0.5, 0.6) is 0 Å². The third kappa shape index (κ3) is 3.88. The summed E-state index contributed by atoms with van der Waals surface area (Å²) in [5, 5.41) is 0. The van der Waals surface area contributed by atoms with Crippen LogP contribution in [-0.2, 0) is 9.53 Å². The molecule has 0 amide bonds. The van der Waals surface area contributed by atoms with E-state index in [1.807, 2.05) is 0 Å². The van der Waals surface area contributed by atoms with Crippen LogP contribution < -0.4 is 5.73 Å². The van der Waals surface area contributed by atoms with Gasteiger partial charge in [0.1, 0.15) is 6.29 Å². The number of carbonyl (C=O) groups excluding carboxylic acids is 1. The summed E-state index contributed by atoms with van der Waals surface area (Å²) in [6, 6.07) is 0. The third-order valence-electron chi connectivity index (χ3n) is 7.66. The van der Waals surface area contributed by atoms with E-state index in [0.717, 1.165) is 62.2 Å². The van der Waals surface area contributed by atoms with Crippen LogP contribution >= 0.6 is 0 Å². The van der Waals surface area contributed by atoms with Gasteiger partial charge in [-0.1, -0.05) is 31.9 Å². The standard InChI is InChI=1S/C22H37NO2/c1-16-6-9-21-20(19(16)5-3-13-24)8-7-17-15-18(25-14-4-12-23)10-11-22(17,21)2/h13,15-16,18-21H,3-12,14,23H2,1-2H3/t16-,18+,19?,20?,21?,22+/m1/s1. The maximum Gasteiger partial charge on any atom is 0.120 e. The number of hydrogen-bond donors (Lipinski definition) is 1. The molecule has 6 atom stereocenters. The van der Waals surface area contributed by atoms with Crippen molar-refractivity contribution in [2.45, 2.75) is 77.7 Å². The van der Waals surface area contributed by atoms with E-state index in [1.165, 1.54) is 32.1 Å². The molecule has 25 heavy (non-hydrogen) atoms. The summed E-state index contributed by atoms with van der Waals surface area (Å²) < 4.78 is 6.05. The highest BCUT2D eigenvalue weighted by Gasteiger charge is 2.51. The minimum Gasteiger partial charge on any atom is -0.374 e. The molecule has 0 radical (unpaired) electrons. The van der Waals surface area contributed by atoms with Crippen molar-refractivity contribution in [3.63, 3.8) is 0 Å². The van der Waals surface area contributed by atoms with Crippen molar-refractivity contribution in [2.75, 3.05) is 13.2 Å². The van der Waals surface area contributed by atoms with Gasteiger partial charge in [-0.3, -0.25) is 0 Å². The molecule has 3 nitrogen and oxygen atoms in total. The van der Waals surface area contributed by atoms with Crippen LogP contribution in [0.3, 0.4) is 0 Å². The lowest BCUT2D eigenvalue weighted by molar-refractivity contribution is -0.108. The molecular formula is C22H37NO2. The summed E-state index contributed by atoms with van der Waals surface area (Å²) in [4.78, 5) is 10.9. The van der Waals surface area contributed by atoms with E-state index in [-0.39, 0.29) is 0 Å². The van der Waals surface area contributed by atoms with Crippen LogP contribution in [0.15, 0.2) is 11.6 Å². The van der Waals surface area contributed by atoms with Gasteiger partial charge in [0.2, 0.25) is 0 Å². The highest BCUT2D eigenvalue weighted by atomic mass is 16.5. The fourth-order valence-corrected chi connectivity index (χ4v) is 6.22. The SMILES string of the molecule is C[C@@H]1CCC2C(CCC3=C[C@@H](OCCCN)CC[C@@]32C)C1CCC=O. The zero-order valence-corrected chi connectivity index (χ0v) is 16.2. The van der Waals surface area contributed by atoms with E-state index in [2.05, 4.69) is 19.9 Å². The van der Waals surface area contributed by atoms with Crippen LogP contribution in [0.25, 0.3) is 0 Å². The first-order valence-electron chi connectivity index (χ1n) is 10.6. The lowest BCUT2D eigenvalue weighted by Crippen LogP contribution is -2.48. The summed E-state index contributed by atoms with van der Waals surface area (Å²) in [6.45, 7) is 6.45. The summed E-state index contributed by atoms with van der Waals surface area (Å²) >= 11 is 0. The van der Waals surface area contributed by atoms with E-state index >= 15 is 0 Å². The minimum atomic E-state index is 0.305. The van der Waals surface area contributed by atoms with Crippen LogP contribution in [0, 0.1) is 29.1 Å². The second kappa shape index (κ2) is 8.35. The van der Waals surface area contributed by atoms with Crippen molar-refractivity contribution in [2.24, 2.45) is 34.8 Å². The van der Waals surface area contributed by atoms with E-state index < -0.39 is 0 Å². The van der Waals surface area contributed by atoms with Gasteiger partial charge in [-0.2, -0.15) is 0 Å². The number of carbonyl (C=O) groups is 1. The van der Waals surface area contributed by atoms with Crippen molar-refractivity contribution >= 4 is 6.29 Å². The fourth-order valence-electron chi connectivity index (χ4n) is 6.22. The lowest BCUT2D eigenvalue weighted by Gasteiger charge is -2.56. The van der Waals surface area contributed by atoms with Gasteiger partial charge < -0.3 is 15.3 Å². The molecule has 0 aliphatic heterocycles. The Hall–Kier alpha value is -0.670. The third-order valence-corrected chi connectivity index (χ3v) is 7.66. The van der Waals surface area contributed by atoms with E-state index in [9.17, 15) is 4.79 Å². The van der Waals surface area contributed by atoms with Gasteiger partial charge in [-0.05, 0) is 80.6 Å². The van der Waals surface area contributed by atoms with Gasteiger partial charge in [0.25, 0.3) is 0 Å². The zero-order valence-electron chi connectivity index (χ0n) is 16.2. The zero-order chi connectivity index (χ0) is 17.9. The molecule has 0 saturated heterocycles. The van der Waals surface area contributed by atoms with Gasteiger partial charge in [0.15, 0.2) is 0 Å².